The molecule has 1 amide bonds. The second-order valence-corrected chi connectivity index (χ2v) is 8.03. The van der Waals surface area contributed by atoms with Crippen molar-refractivity contribution in [3.8, 4) is 0 Å². The first kappa shape index (κ1) is 13.6. The van der Waals surface area contributed by atoms with Gasteiger partial charge in [0.25, 0.3) is 0 Å². The molecule has 1 aliphatic heterocycles. The van der Waals surface area contributed by atoms with Gasteiger partial charge in [0.1, 0.15) is 0 Å². The molecule has 0 atom stereocenters. The summed E-state index contributed by atoms with van der Waals surface area (Å²) < 4.78 is 1.19. The van der Waals surface area contributed by atoms with Crippen LogP contribution in [0.5, 0.6) is 0 Å². The fourth-order valence-corrected chi connectivity index (χ4v) is 5.65. The second-order valence-electron chi connectivity index (χ2n) is 6.05. The summed E-state index contributed by atoms with van der Waals surface area (Å²) in [6.45, 7) is 0. The molecule has 106 valence electrons. The van der Waals surface area contributed by atoms with Gasteiger partial charge in [0.05, 0.1) is 0 Å². The van der Waals surface area contributed by atoms with Gasteiger partial charge in [-0.3, -0.25) is 0 Å². The SMILES string of the molecule is O=C1C[Se]/C(=N\C2CCCCC2)N1C1CCCCC1. The van der Waals surface area contributed by atoms with Crippen molar-refractivity contribution in [2.45, 2.75) is 81.6 Å². The molecule has 0 N–H and O–H groups in total. The molecule has 19 heavy (non-hydrogen) atoms. The summed E-state index contributed by atoms with van der Waals surface area (Å²) in [6.07, 6.45) is 12.8. The van der Waals surface area contributed by atoms with Crippen molar-refractivity contribution < 1.29 is 4.79 Å². The van der Waals surface area contributed by atoms with Crippen molar-refractivity contribution >= 4 is 25.6 Å². The third-order valence-electron chi connectivity index (χ3n) is 4.61. The number of amides is 1. The number of rotatable bonds is 2. The van der Waals surface area contributed by atoms with Crippen LogP contribution in [0.1, 0.15) is 64.2 Å². The average Bonchev–Trinajstić information content (AvgIpc) is 2.82. The number of carbonyl (C=O) groups excluding carboxylic acids is 1. The van der Waals surface area contributed by atoms with Crippen molar-refractivity contribution in [1.82, 2.24) is 4.90 Å². The molecule has 3 rings (SSSR count). The molecule has 0 bridgehead atoms. The van der Waals surface area contributed by atoms with Gasteiger partial charge in [-0.2, -0.15) is 0 Å². The topological polar surface area (TPSA) is 32.7 Å². The Kier molecular flexibility index (Phi) is 4.60. The van der Waals surface area contributed by atoms with Crippen molar-refractivity contribution in [3.05, 3.63) is 0 Å². The summed E-state index contributed by atoms with van der Waals surface area (Å²) in [6, 6.07) is 0.996. The molecule has 0 radical (unpaired) electrons. The van der Waals surface area contributed by atoms with Crippen LogP contribution in [0, 0.1) is 0 Å². The van der Waals surface area contributed by atoms with E-state index in [9.17, 15) is 4.79 Å². The first-order valence-corrected chi connectivity index (χ1v) is 9.94. The van der Waals surface area contributed by atoms with Crippen molar-refractivity contribution in [1.29, 1.82) is 0 Å². The zero-order valence-corrected chi connectivity index (χ0v) is 13.4. The van der Waals surface area contributed by atoms with Gasteiger partial charge in [-0.25, -0.2) is 0 Å². The van der Waals surface area contributed by atoms with E-state index in [1.807, 2.05) is 0 Å². The molecule has 0 unspecified atom stereocenters. The molecule has 0 spiro atoms. The Morgan fingerprint density at radius 1 is 0.947 bits per heavy atom. The Labute approximate surface area is 122 Å². The quantitative estimate of drug-likeness (QED) is 0.718. The van der Waals surface area contributed by atoms with E-state index < -0.39 is 0 Å². The molecule has 1 heterocycles. The fraction of sp³-hybridized carbons (Fsp3) is 0.867. The fourth-order valence-electron chi connectivity index (χ4n) is 3.54. The molecule has 1 saturated heterocycles. The van der Waals surface area contributed by atoms with Gasteiger partial charge < -0.3 is 0 Å². The summed E-state index contributed by atoms with van der Waals surface area (Å²) in [4.78, 5) is 19.3. The maximum atomic E-state index is 12.2. The predicted octanol–water partition coefficient (Wildman–Crippen LogP) is 2.97. The molecule has 3 fully saturated rings. The van der Waals surface area contributed by atoms with Crippen LogP contribution >= 0.6 is 0 Å². The van der Waals surface area contributed by atoms with Gasteiger partial charge in [-0.15, -0.1) is 0 Å². The van der Waals surface area contributed by atoms with Crippen LogP contribution < -0.4 is 0 Å². The summed E-state index contributed by atoms with van der Waals surface area (Å²) in [5, 5.41) is 0.759. The van der Waals surface area contributed by atoms with Gasteiger partial charge in [-0.05, 0) is 0 Å². The van der Waals surface area contributed by atoms with E-state index in [0.717, 1.165) is 5.32 Å². The zero-order valence-electron chi connectivity index (χ0n) is 11.6. The van der Waals surface area contributed by atoms with Gasteiger partial charge in [-0.1, -0.05) is 0 Å². The van der Waals surface area contributed by atoms with Crippen molar-refractivity contribution in [3.63, 3.8) is 0 Å². The van der Waals surface area contributed by atoms with Gasteiger partial charge >= 0.3 is 122 Å². The molecular weight excluding hydrogens is 303 g/mol. The summed E-state index contributed by atoms with van der Waals surface area (Å²) in [7, 11) is 0. The Morgan fingerprint density at radius 2 is 1.58 bits per heavy atom. The van der Waals surface area contributed by atoms with Crippen molar-refractivity contribution in [2.75, 3.05) is 0 Å². The number of aliphatic imine (C=N–C) groups is 1. The van der Waals surface area contributed by atoms with Crippen LogP contribution in [-0.2, 0) is 4.79 Å². The van der Waals surface area contributed by atoms with Crippen LogP contribution in [0.4, 0.5) is 0 Å². The van der Waals surface area contributed by atoms with E-state index in [4.69, 9.17) is 4.99 Å². The number of hydrogen-bond acceptors (Lipinski definition) is 2. The van der Waals surface area contributed by atoms with Crippen LogP contribution in [0.25, 0.3) is 0 Å². The molecule has 3 nitrogen and oxygen atoms in total. The van der Waals surface area contributed by atoms with Gasteiger partial charge in [0, 0.05) is 0 Å². The first-order valence-electron chi connectivity index (χ1n) is 7.87. The Balaban J connectivity index is 1.71. The monoisotopic (exact) mass is 328 g/mol. The minimum absolute atomic E-state index is 0.311. The van der Waals surface area contributed by atoms with Crippen LogP contribution in [0.2, 0.25) is 5.32 Å². The zero-order chi connectivity index (χ0) is 13.1. The molecule has 0 aromatic carbocycles. The molecule has 2 saturated carbocycles. The third-order valence-corrected chi connectivity index (χ3v) is 6.60. The average molecular weight is 327 g/mol. The standard InChI is InChI=1S/C15H24N2OSe/c18-14-11-19-15(16-12-7-3-1-4-8-12)17(14)13-9-5-2-6-10-13/h12-13H,1-11H2/b16-15-. The summed E-state index contributed by atoms with van der Waals surface area (Å²) in [5.41, 5.74) is 0. The number of carbonyl (C=O) groups is 1. The van der Waals surface area contributed by atoms with E-state index in [-0.39, 0.29) is 0 Å². The van der Waals surface area contributed by atoms with Gasteiger partial charge in [0.2, 0.25) is 0 Å². The van der Waals surface area contributed by atoms with Crippen LogP contribution in [0.3, 0.4) is 0 Å². The van der Waals surface area contributed by atoms with Crippen LogP contribution in [0.15, 0.2) is 4.99 Å². The van der Waals surface area contributed by atoms with E-state index in [1.54, 1.807) is 0 Å². The number of amidine groups is 1. The Bertz CT molecular complexity index is 357. The molecular formula is C15H24N2OSe. The maximum absolute atomic E-state index is 12.2. The van der Waals surface area contributed by atoms with E-state index in [1.165, 1.54) is 68.9 Å². The summed E-state index contributed by atoms with van der Waals surface area (Å²) in [5.74, 6) is 0.362. The number of hydrogen-bond donors (Lipinski definition) is 0. The third kappa shape index (κ3) is 3.22. The minimum atomic E-state index is 0.311. The van der Waals surface area contributed by atoms with E-state index >= 15 is 0 Å². The first-order chi connectivity index (χ1) is 9.34. The Hall–Kier alpha value is -0.341. The second kappa shape index (κ2) is 6.41. The summed E-state index contributed by atoms with van der Waals surface area (Å²) >= 11 is 0.311. The molecule has 3 aliphatic rings. The van der Waals surface area contributed by atoms with Crippen molar-refractivity contribution in [2.24, 2.45) is 4.99 Å². The molecule has 2 aliphatic carbocycles. The molecule has 4 heteroatoms. The Morgan fingerprint density at radius 3 is 2.26 bits per heavy atom. The van der Waals surface area contributed by atoms with Gasteiger partial charge in [0.15, 0.2) is 0 Å². The molecule has 0 aromatic heterocycles. The van der Waals surface area contributed by atoms with Crippen LogP contribution in [-0.4, -0.2) is 42.6 Å². The normalized spacial score (nSPS) is 29.4. The predicted molar refractivity (Wildman–Crippen MR) is 78.6 cm³/mol. The number of nitrogens with zero attached hydrogens (tertiary/aromatic N) is 2. The molecule has 0 aromatic rings. The van der Waals surface area contributed by atoms with E-state index in [0.29, 0.717) is 32.9 Å². The van der Waals surface area contributed by atoms with E-state index in [2.05, 4.69) is 4.90 Å².